The van der Waals surface area contributed by atoms with E-state index in [1.807, 2.05) is 29.2 Å². The molecule has 1 heterocycles. The first-order chi connectivity index (χ1) is 9.12. The fraction of sp³-hybridized carbons (Fsp3) is 0.467. The third-order valence-electron chi connectivity index (χ3n) is 4.16. The van der Waals surface area contributed by atoms with E-state index in [1.54, 1.807) is 0 Å². The third-order valence-corrected chi connectivity index (χ3v) is 4.42. The van der Waals surface area contributed by atoms with Crippen LogP contribution in [0.1, 0.15) is 31.2 Å². The normalized spacial score (nSPS) is 21.3. The number of halogens is 1. The van der Waals surface area contributed by atoms with E-state index >= 15 is 0 Å². The van der Waals surface area contributed by atoms with Crippen LogP contribution in [0.25, 0.3) is 0 Å². The fourth-order valence-electron chi connectivity index (χ4n) is 2.78. The Hall–Kier alpha value is -1.35. The highest BCUT2D eigenvalue weighted by molar-refractivity contribution is 6.30. The molecule has 0 unspecified atom stereocenters. The lowest BCUT2D eigenvalue weighted by Crippen LogP contribution is -2.44. The van der Waals surface area contributed by atoms with Gasteiger partial charge < -0.3 is 4.90 Å². The number of amides is 1. The maximum atomic E-state index is 12.7. The molecule has 0 spiro atoms. The van der Waals surface area contributed by atoms with E-state index in [0.717, 1.165) is 18.4 Å². The van der Waals surface area contributed by atoms with Crippen molar-refractivity contribution < 1.29 is 9.59 Å². The molecule has 1 amide bonds. The van der Waals surface area contributed by atoms with Gasteiger partial charge in [-0.1, -0.05) is 23.7 Å². The number of hydrogen-bond donors (Lipinski definition) is 0. The van der Waals surface area contributed by atoms with Crippen LogP contribution in [-0.2, 0) is 15.0 Å². The van der Waals surface area contributed by atoms with Crippen LogP contribution >= 0.6 is 11.6 Å². The molecule has 100 valence electrons. The average molecular weight is 278 g/mol. The Morgan fingerprint density at radius 3 is 2.21 bits per heavy atom. The molecular formula is C15H16ClNO2. The van der Waals surface area contributed by atoms with Gasteiger partial charge in [-0.25, -0.2) is 0 Å². The first-order valence-electron chi connectivity index (χ1n) is 6.69. The number of piperidine rings is 1. The average Bonchev–Trinajstić information content (AvgIpc) is 3.21. The zero-order valence-electron chi connectivity index (χ0n) is 10.7. The summed E-state index contributed by atoms with van der Waals surface area (Å²) in [4.78, 5) is 25.8. The summed E-state index contributed by atoms with van der Waals surface area (Å²) in [6, 6.07) is 7.57. The molecule has 0 bridgehead atoms. The summed E-state index contributed by atoms with van der Waals surface area (Å²) in [5.41, 5.74) is 0.712. The Bertz CT molecular complexity index is 509. The van der Waals surface area contributed by atoms with Gasteiger partial charge in [0, 0.05) is 31.0 Å². The summed E-state index contributed by atoms with van der Waals surface area (Å²) in [6.45, 7) is 1.15. The summed E-state index contributed by atoms with van der Waals surface area (Å²) >= 11 is 5.89. The quantitative estimate of drug-likeness (QED) is 0.833. The first kappa shape index (κ1) is 12.7. The molecule has 1 saturated heterocycles. The van der Waals surface area contributed by atoms with Crippen molar-refractivity contribution in [2.75, 3.05) is 13.1 Å². The van der Waals surface area contributed by atoms with E-state index in [9.17, 15) is 9.59 Å². The van der Waals surface area contributed by atoms with Gasteiger partial charge in [0.05, 0.1) is 5.41 Å². The van der Waals surface area contributed by atoms with E-state index in [0.29, 0.717) is 31.0 Å². The van der Waals surface area contributed by atoms with Crippen LogP contribution in [0.4, 0.5) is 0 Å². The fourth-order valence-corrected chi connectivity index (χ4v) is 2.91. The van der Waals surface area contributed by atoms with Crippen LogP contribution in [0.5, 0.6) is 0 Å². The highest BCUT2D eigenvalue weighted by Gasteiger charge is 2.53. The number of rotatable bonds is 2. The molecule has 0 radical (unpaired) electrons. The molecular weight excluding hydrogens is 262 g/mol. The number of carbonyl (C=O) groups is 2. The van der Waals surface area contributed by atoms with Gasteiger partial charge in [0.1, 0.15) is 5.78 Å². The zero-order valence-corrected chi connectivity index (χ0v) is 11.4. The van der Waals surface area contributed by atoms with Crippen molar-refractivity contribution in [3.05, 3.63) is 34.9 Å². The van der Waals surface area contributed by atoms with Crippen molar-refractivity contribution in [1.82, 2.24) is 4.90 Å². The van der Waals surface area contributed by atoms with Gasteiger partial charge in [-0.15, -0.1) is 0 Å². The summed E-state index contributed by atoms with van der Waals surface area (Å²) < 4.78 is 0. The van der Waals surface area contributed by atoms with Gasteiger partial charge >= 0.3 is 0 Å². The molecule has 1 aliphatic heterocycles. The van der Waals surface area contributed by atoms with Crippen LogP contribution in [0, 0.1) is 0 Å². The van der Waals surface area contributed by atoms with Gasteiger partial charge in [-0.2, -0.15) is 0 Å². The van der Waals surface area contributed by atoms with Crippen LogP contribution in [0.3, 0.4) is 0 Å². The smallest absolute Gasteiger partial charge is 0.233 e. The third kappa shape index (κ3) is 2.27. The van der Waals surface area contributed by atoms with Gasteiger partial charge in [0.2, 0.25) is 5.91 Å². The minimum absolute atomic E-state index is 0.183. The van der Waals surface area contributed by atoms with Crippen molar-refractivity contribution in [3.63, 3.8) is 0 Å². The number of benzene rings is 1. The van der Waals surface area contributed by atoms with Gasteiger partial charge in [-0.3, -0.25) is 9.59 Å². The number of carbonyl (C=O) groups excluding carboxylic acids is 2. The van der Waals surface area contributed by atoms with E-state index in [-0.39, 0.29) is 17.1 Å². The van der Waals surface area contributed by atoms with Crippen molar-refractivity contribution >= 4 is 23.3 Å². The summed E-state index contributed by atoms with van der Waals surface area (Å²) in [7, 11) is 0. The molecule has 4 heteroatoms. The number of Topliss-reactive ketones (excluding diaryl/α,β-unsaturated/α-hetero) is 1. The number of nitrogens with zero attached hydrogens (tertiary/aromatic N) is 1. The molecule has 1 aliphatic carbocycles. The Morgan fingerprint density at radius 1 is 1.11 bits per heavy atom. The van der Waals surface area contributed by atoms with Crippen molar-refractivity contribution in [2.45, 2.75) is 31.1 Å². The predicted octanol–water partition coefficient (Wildman–Crippen LogP) is 2.56. The SMILES string of the molecule is O=C1CCN(C(=O)C2(c3ccc(Cl)cc3)CC2)CC1. The Kier molecular flexibility index (Phi) is 3.09. The Morgan fingerprint density at radius 2 is 1.68 bits per heavy atom. The summed E-state index contributed by atoms with van der Waals surface area (Å²) in [5.74, 6) is 0.447. The lowest BCUT2D eigenvalue weighted by atomic mass is 9.93. The largest absolute Gasteiger partial charge is 0.341 e. The molecule has 19 heavy (non-hydrogen) atoms. The van der Waals surface area contributed by atoms with Crippen molar-refractivity contribution in [3.8, 4) is 0 Å². The van der Waals surface area contributed by atoms with Gasteiger partial charge in [0.25, 0.3) is 0 Å². The van der Waals surface area contributed by atoms with E-state index < -0.39 is 0 Å². The van der Waals surface area contributed by atoms with Gasteiger partial charge in [0.15, 0.2) is 0 Å². The molecule has 2 aliphatic rings. The van der Waals surface area contributed by atoms with Gasteiger partial charge in [-0.05, 0) is 30.5 Å². The molecule has 0 aromatic heterocycles. The first-order valence-corrected chi connectivity index (χ1v) is 7.07. The monoisotopic (exact) mass is 277 g/mol. The Balaban J connectivity index is 1.79. The van der Waals surface area contributed by atoms with Crippen LogP contribution in [0.15, 0.2) is 24.3 Å². The maximum absolute atomic E-state index is 12.7. The number of ketones is 1. The summed E-state index contributed by atoms with van der Waals surface area (Å²) in [6.07, 6.45) is 2.81. The molecule has 2 fully saturated rings. The second-order valence-electron chi connectivity index (χ2n) is 5.42. The van der Waals surface area contributed by atoms with Crippen molar-refractivity contribution in [2.24, 2.45) is 0 Å². The molecule has 0 atom stereocenters. The number of hydrogen-bond acceptors (Lipinski definition) is 2. The minimum Gasteiger partial charge on any atom is -0.341 e. The molecule has 1 aromatic rings. The Labute approximate surface area is 117 Å². The van der Waals surface area contributed by atoms with E-state index in [2.05, 4.69) is 0 Å². The summed E-state index contributed by atoms with van der Waals surface area (Å²) in [5, 5.41) is 0.690. The minimum atomic E-state index is -0.342. The molecule has 0 N–H and O–H groups in total. The lowest BCUT2D eigenvalue weighted by molar-refractivity contribution is -0.136. The molecule has 1 aromatic carbocycles. The maximum Gasteiger partial charge on any atom is 0.233 e. The molecule has 1 saturated carbocycles. The second-order valence-corrected chi connectivity index (χ2v) is 5.86. The molecule has 3 rings (SSSR count). The standard InChI is InChI=1S/C15H16ClNO2/c16-12-3-1-11(2-4-12)15(7-8-15)14(19)17-9-5-13(18)6-10-17/h1-4H,5-10H2. The zero-order chi connectivity index (χ0) is 13.5. The van der Waals surface area contributed by atoms with E-state index in [1.165, 1.54) is 0 Å². The highest BCUT2D eigenvalue weighted by Crippen LogP contribution is 2.50. The van der Waals surface area contributed by atoms with E-state index in [4.69, 9.17) is 11.6 Å². The predicted molar refractivity (Wildman–Crippen MR) is 73.2 cm³/mol. The van der Waals surface area contributed by atoms with Crippen LogP contribution in [-0.4, -0.2) is 29.7 Å². The lowest BCUT2D eigenvalue weighted by Gasteiger charge is -2.30. The highest BCUT2D eigenvalue weighted by atomic mass is 35.5. The van der Waals surface area contributed by atoms with Crippen LogP contribution < -0.4 is 0 Å². The molecule has 3 nitrogen and oxygen atoms in total. The van der Waals surface area contributed by atoms with Crippen LogP contribution in [0.2, 0.25) is 5.02 Å². The number of likely N-dealkylation sites (tertiary alicyclic amines) is 1. The topological polar surface area (TPSA) is 37.4 Å². The van der Waals surface area contributed by atoms with Crippen molar-refractivity contribution in [1.29, 1.82) is 0 Å². The second kappa shape index (κ2) is 4.64.